The van der Waals surface area contributed by atoms with E-state index < -0.39 is 0 Å². The van der Waals surface area contributed by atoms with Crippen molar-refractivity contribution >= 4 is 11.6 Å². The lowest BCUT2D eigenvalue weighted by atomic mass is 9.82. The molecule has 0 radical (unpaired) electrons. The molecule has 1 aromatic carbocycles. The Kier molecular flexibility index (Phi) is 3.33. The number of hydrogen-bond donors (Lipinski definition) is 2. The van der Waals surface area contributed by atoms with E-state index in [1.807, 2.05) is 0 Å². The van der Waals surface area contributed by atoms with Gasteiger partial charge in [0.25, 0.3) is 0 Å². The number of benzene rings is 1. The number of amidine groups is 1. The summed E-state index contributed by atoms with van der Waals surface area (Å²) in [7, 11) is 2.09. The van der Waals surface area contributed by atoms with Gasteiger partial charge in [0.2, 0.25) is 0 Å². The van der Waals surface area contributed by atoms with Crippen LogP contribution < -0.4 is 16.3 Å². The third-order valence-corrected chi connectivity index (χ3v) is 4.42. The van der Waals surface area contributed by atoms with E-state index in [9.17, 15) is 4.79 Å². The summed E-state index contributed by atoms with van der Waals surface area (Å²) >= 11 is 0. The molecule has 6 heteroatoms. The number of fused-ring (bicyclic) bond motifs is 1. The molecule has 3 rings (SSSR count). The summed E-state index contributed by atoms with van der Waals surface area (Å²) in [4.78, 5) is 14.8. The molecule has 1 fully saturated rings. The predicted molar refractivity (Wildman–Crippen MR) is 80.4 cm³/mol. The van der Waals surface area contributed by atoms with Gasteiger partial charge >= 0.3 is 0 Å². The fourth-order valence-electron chi connectivity index (χ4n) is 3.03. The van der Waals surface area contributed by atoms with Gasteiger partial charge in [0, 0.05) is 31.5 Å². The van der Waals surface area contributed by atoms with Crippen LogP contribution in [0.25, 0.3) is 0 Å². The molecule has 1 spiro atoms. The Hall–Kier alpha value is -2.08. The minimum atomic E-state index is -0.342. The van der Waals surface area contributed by atoms with Crippen LogP contribution in [0.4, 0.5) is 0 Å². The number of Topliss-reactive ketones (excluding diaryl/α,β-unsaturated/α-hetero) is 1. The molecular formula is C15H20N4O2. The van der Waals surface area contributed by atoms with E-state index in [1.165, 1.54) is 0 Å². The number of carbonyl (C=O) groups is 1. The Morgan fingerprint density at radius 1 is 1.38 bits per heavy atom. The van der Waals surface area contributed by atoms with Gasteiger partial charge in [-0.25, -0.2) is 0 Å². The van der Waals surface area contributed by atoms with Crippen LogP contribution in [0.5, 0.6) is 5.75 Å². The van der Waals surface area contributed by atoms with Crippen molar-refractivity contribution < 1.29 is 9.53 Å². The van der Waals surface area contributed by atoms with Gasteiger partial charge < -0.3 is 21.2 Å². The molecule has 21 heavy (non-hydrogen) atoms. The van der Waals surface area contributed by atoms with Crippen molar-refractivity contribution in [2.24, 2.45) is 16.7 Å². The zero-order valence-corrected chi connectivity index (χ0v) is 12.1. The number of likely N-dealkylation sites (tertiary alicyclic amines) is 1. The summed E-state index contributed by atoms with van der Waals surface area (Å²) in [5.74, 6) is 6.14. The number of nitrogens with zero attached hydrogens (tertiary/aromatic N) is 2. The van der Waals surface area contributed by atoms with E-state index in [1.54, 1.807) is 18.2 Å². The van der Waals surface area contributed by atoms with Crippen molar-refractivity contribution in [2.75, 3.05) is 20.1 Å². The maximum Gasteiger partial charge on any atom is 0.170 e. The molecule has 0 atom stereocenters. The molecule has 2 aliphatic rings. The lowest BCUT2D eigenvalue weighted by Crippen LogP contribution is -2.50. The number of nitrogens with two attached hydrogens (primary N) is 2. The van der Waals surface area contributed by atoms with Crippen LogP contribution in [0, 0.1) is 0 Å². The monoisotopic (exact) mass is 288 g/mol. The van der Waals surface area contributed by atoms with Gasteiger partial charge in [-0.3, -0.25) is 4.79 Å². The molecule has 6 nitrogen and oxygen atoms in total. The van der Waals surface area contributed by atoms with Crippen molar-refractivity contribution in [1.82, 2.24) is 4.90 Å². The first kappa shape index (κ1) is 13.9. The quantitative estimate of drug-likeness (QED) is 0.343. The van der Waals surface area contributed by atoms with Crippen molar-refractivity contribution in [3.8, 4) is 5.75 Å². The molecule has 0 bridgehead atoms. The highest BCUT2D eigenvalue weighted by molar-refractivity contribution is 6.04. The molecule has 0 amide bonds. The SMILES string of the molecule is CN1CCC2(CC1)CC(=O)c1cc(/C(N)=N/N)ccc1O2. The van der Waals surface area contributed by atoms with Crippen LogP contribution in [0.2, 0.25) is 0 Å². The Morgan fingerprint density at radius 2 is 2.10 bits per heavy atom. The standard InChI is InChI=1S/C15H20N4O2/c1-19-6-4-15(5-7-19)9-12(20)11-8-10(14(16)18-17)2-3-13(11)21-15/h2-3,8H,4-7,9,17H2,1H3,(H2,16,18). The molecule has 1 aromatic rings. The average molecular weight is 288 g/mol. The van der Waals surface area contributed by atoms with Crippen molar-refractivity contribution in [3.63, 3.8) is 0 Å². The second-order valence-electron chi connectivity index (χ2n) is 5.91. The van der Waals surface area contributed by atoms with Gasteiger partial charge in [-0.2, -0.15) is 5.10 Å². The van der Waals surface area contributed by atoms with E-state index in [-0.39, 0.29) is 17.2 Å². The van der Waals surface area contributed by atoms with Crippen molar-refractivity contribution in [2.45, 2.75) is 24.9 Å². The lowest BCUT2D eigenvalue weighted by Gasteiger charge is -2.43. The zero-order chi connectivity index (χ0) is 15.0. The number of hydrazone groups is 1. The molecule has 0 unspecified atom stereocenters. The molecule has 0 aliphatic carbocycles. The molecule has 2 heterocycles. The predicted octanol–water partition coefficient (Wildman–Crippen LogP) is 0.695. The summed E-state index contributed by atoms with van der Waals surface area (Å²) < 4.78 is 6.19. The summed E-state index contributed by atoms with van der Waals surface area (Å²) in [6, 6.07) is 5.29. The number of ketones is 1. The van der Waals surface area contributed by atoms with Gasteiger partial charge in [-0.05, 0) is 25.2 Å². The average Bonchev–Trinajstić information content (AvgIpc) is 2.49. The Bertz CT molecular complexity index is 604. The van der Waals surface area contributed by atoms with Crippen LogP contribution in [0.15, 0.2) is 23.3 Å². The molecular weight excluding hydrogens is 268 g/mol. The fraction of sp³-hybridized carbons (Fsp3) is 0.467. The van der Waals surface area contributed by atoms with Crippen LogP contribution in [0.3, 0.4) is 0 Å². The molecule has 2 aliphatic heterocycles. The molecule has 4 N–H and O–H groups in total. The van der Waals surface area contributed by atoms with Crippen LogP contribution in [-0.2, 0) is 0 Å². The van der Waals surface area contributed by atoms with E-state index in [2.05, 4.69) is 17.0 Å². The summed E-state index contributed by atoms with van der Waals surface area (Å²) in [6.45, 7) is 1.90. The third kappa shape index (κ3) is 2.47. The zero-order valence-electron chi connectivity index (χ0n) is 12.1. The van der Waals surface area contributed by atoms with E-state index >= 15 is 0 Å². The lowest BCUT2D eigenvalue weighted by molar-refractivity contribution is -0.00367. The molecule has 0 aromatic heterocycles. The Balaban J connectivity index is 1.91. The maximum absolute atomic E-state index is 12.5. The van der Waals surface area contributed by atoms with E-state index in [4.69, 9.17) is 16.3 Å². The van der Waals surface area contributed by atoms with Crippen LogP contribution in [-0.4, -0.2) is 42.3 Å². The highest BCUT2D eigenvalue weighted by atomic mass is 16.5. The van der Waals surface area contributed by atoms with Crippen molar-refractivity contribution in [1.29, 1.82) is 0 Å². The fourth-order valence-corrected chi connectivity index (χ4v) is 3.03. The molecule has 0 saturated carbocycles. The molecule has 112 valence electrons. The van der Waals surface area contributed by atoms with E-state index in [0.29, 0.717) is 23.3 Å². The Labute approximate surface area is 123 Å². The van der Waals surface area contributed by atoms with Crippen molar-refractivity contribution in [3.05, 3.63) is 29.3 Å². The van der Waals surface area contributed by atoms with E-state index in [0.717, 1.165) is 25.9 Å². The molecule has 1 saturated heterocycles. The van der Waals surface area contributed by atoms with Gasteiger partial charge in [0.15, 0.2) is 5.78 Å². The number of rotatable bonds is 1. The first-order chi connectivity index (χ1) is 10.0. The smallest absolute Gasteiger partial charge is 0.170 e. The van der Waals surface area contributed by atoms with Gasteiger partial charge in [0.05, 0.1) is 12.0 Å². The second kappa shape index (κ2) is 5.04. The topological polar surface area (TPSA) is 93.9 Å². The third-order valence-electron chi connectivity index (χ3n) is 4.42. The van der Waals surface area contributed by atoms with Crippen LogP contribution in [0.1, 0.15) is 35.2 Å². The summed E-state index contributed by atoms with van der Waals surface area (Å²) in [5.41, 5.74) is 6.57. The normalized spacial score (nSPS) is 22.0. The highest BCUT2D eigenvalue weighted by Gasteiger charge is 2.42. The van der Waals surface area contributed by atoms with Gasteiger partial charge in [0.1, 0.15) is 17.2 Å². The summed E-state index contributed by atoms with van der Waals surface area (Å²) in [6.07, 6.45) is 2.18. The number of carbonyl (C=O) groups excluding carboxylic acids is 1. The minimum Gasteiger partial charge on any atom is -0.486 e. The summed E-state index contributed by atoms with van der Waals surface area (Å²) in [5, 5.41) is 3.46. The Morgan fingerprint density at radius 3 is 2.76 bits per heavy atom. The first-order valence-corrected chi connectivity index (χ1v) is 7.11. The van der Waals surface area contributed by atoms with Gasteiger partial charge in [-0.15, -0.1) is 0 Å². The first-order valence-electron chi connectivity index (χ1n) is 7.11. The maximum atomic E-state index is 12.5. The largest absolute Gasteiger partial charge is 0.486 e. The van der Waals surface area contributed by atoms with Crippen LogP contribution >= 0.6 is 0 Å². The second-order valence-corrected chi connectivity index (χ2v) is 5.91. The van der Waals surface area contributed by atoms with Gasteiger partial charge in [-0.1, -0.05) is 0 Å². The number of ether oxygens (including phenoxy) is 1. The highest BCUT2D eigenvalue weighted by Crippen LogP contribution is 2.39. The number of piperidine rings is 1. The minimum absolute atomic E-state index is 0.104. The number of hydrogen-bond acceptors (Lipinski definition) is 5.